The Hall–Kier alpha value is -1.57. The van der Waals surface area contributed by atoms with Gasteiger partial charge in [0.2, 0.25) is 0 Å². The molecule has 1 atom stereocenters. The van der Waals surface area contributed by atoms with Gasteiger partial charge in [0.1, 0.15) is 11.6 Å². The summed E-state index contributed by atoms with van der Waals surface area (Å²) < 4.78 is 14.0. The Morgan fingerprint density at radius 1 is 1.33 bits per heavy atom. The molecule has 5 nitrogen and oxygen atoms in total. The van der Waals surface area contributed by atoms with Crippen molar-refractivity contribution in [3.63, 3.8) is 0 Å². The summed E-state index contributed by atoms with van der Waals surface area (Å²) in [5.41, 5.74) is 1.27. The number of aliphatic hydroxyl groups excluding tert-OH is 2. The quantitative estimate of drug-likeness (QED) is 0.765. The SMILES string of the molecule is Cc1cc(NCC(O)CO)nc(-c2ccc(Br)c(F)c2)n1. The highest BCUT2D eigenvalue weighted by molar-refractivity contribution is 9.10. The molecule has 0 aliphatic carbocycles. The molecule has 112 valence electrons. The summed E-state index contributed by atoms with van der Waals surface area (Å²) in [6, 6.07) is 6.38. The molecule has 0 aliphatic heterocycles. The zero-order valence-electron chi connectivity index (χ0n) is 11.3. The van der Waals surface area contributed by atoms with Crippen LogP contribution in [-0.4, -0.2) is 39.4 Å². The Morgan fingerprint density at radius 3 is 2.76 bits per heavy atom. The molecule has 1 unspecified atom stereocenters. The lowest BCUT2D eigenvalue weighted by atomic mass is 10.2. The van der Waals surface area contributed by atoms with E-state index < -0.39 is 6.10 Å². The summed E-state index contributed by atoms with van der Waals surface area (Å²) in [6.45, 7) is 1.64. The Morgan fingerprint density at radius 2 is 2.10 bits per heavy atom. The second-order valence-corrected chi connectivity index (χ2v) is 5.42. The van der Waals surface area contributed by atoms with Crippen molar-refractivity contribution in [3.8, 4) is 11.4 Å². The number of aryl methyl sites for hydroxylation is 1. The van der Waals surface area contributed by atoms with E-state index in [2.05, 4.69) is 31.2 Å². The van der Waals surface area contributed by atoms with Gasteiger partial charge in [-0.3, -0.25) is 0 Å². The van der Waals surface area contributed by atoms with Gasteiger partial charge >= 0.3 is 0 Å². The van der Waals surface area contributed by atoms with Crippen LogP contribution in [0.5, 0.6) is 0 Å². The molecule has 2 rings (SSSR count). The number of aliphatic hydroxyl groups is 2. The molecule has 0 aliphatic rings. The van der Waals surface area contributed by atoms with Gasteiger partial charge < -0.3 is 15.5 Å². The minimum absolute atomic E-state index is 0.168. The lowest BCUT2D eigenvalue weighted by Crippen LogP contribution is -2.23. The highest BCUT2D eigenvalue weighted by Gasteiger charge is 2.09. The fourth-order valence-corrected chi connectivity index (χ4v) is 1.96. The van der Waals surface area contributed by atoms with Gasteiger partial charge in [0.25, 0.3) is 0 Å². The molecule has 21 heavy (non-hydrogen) atoms. The molecule has 0 radical (unpaired) electrons. The van der Waals surface area contributed by atoms with Crippen LogP contribution >= 0.6 is 15.9 Å². The van der Waals surface area contributed by atoms with E-state index in [-0.39, 0.29) is 19.0 Å². The first-order valence-electron chi connectivity index (χ1n) is 6.33. The van der Waals surface area contributed by atoms with Crippen LogP contribution in [0.1, 0.15) is 5.69 Å². The number of aromatic nitrogens is 2. The molecule has 1 aromatic carbocycles. The van der Waals surface area contributed by atoms with Crippen molar-refractivity contribution in [2.24, 2.45) is 0 Å². The van der Waals surface area contributed by atoms with Gasteiger partial charge in [-0.2, -0.15) is 0 Å². The van der Waals surface area contributed by atoms with Crippen LogP contribution in [0, 0.1) is 12.7 Å². The number of hydrogen-bond donors (Lipinski definition) is 3. The van der Waals surface area contributed by atoms with Crippen LogP contribution in [0.2, 0.25) is 0 Å². The van der Waals surface area contributed by atoms with Crippen molar-refractivity contribution in [2.45, 2.75) is 13.0 Å². The van der Waals surface area contributed by atoms with Crippen molar-refractivity contribution in [1.82, 2.24) is 9.97 Å². The number of anilines is 1. The fraction of sp³-hybridized carbons (Fsp3) is 0.286. The summed E-state index contributed by atoms with van der Waals surface area (Å²) >= 11 is 3.10. The van der Waals surface area contributed by atoms with E-state index in [1.165, 1.54) is 6.07 Å². The van der Waals surface area contributed by atoms with Crippen LogP contribution in [0.3, 0.4) is 0 Å². The molecular weight excluding hydrogens is 341 g/mol. The van der Waals surface area contributed by atoms with Crippen molar-refractivity contribution < 1.29 is 14.6 Å². The van der Waals surface area contributed by atoms with Crippen LogP contribution < -0.4 is 5.32 Å². The zero-order valence-corrected chi connectivity index (χ0v) is 12.9. The molecule has 7 heteroatoms. The summed E-state index contributed by atoms with van der Waals surface area (Å²) in [5.74, 6) is 0.513. The van der Waals surface area contributed by atoms with Gasteiger partial charge in [-0.25, -0.2) is 14.4 Å². The standard InChI is InChI=1S/C14H15BrFN3O2/c1-8-4-13(17-6-10(21)7-20)19-14(18-8)9-2-3-11(15)12(16)5-9/h2-5,10,20-21H,6-7H2,1H3,(H,17,18,19). The molecule has 0 saturated heterocycles. The molecule has 1 aromatic heterocycles. The number of hydrogen-bond acceptors (Lipinski definition) is 5. The first-order chi connectivity index (χ1) is 9.99. The maximum Gasteiger partial charge on any atom is 0.161 e. The summed E-state index contributed by atoms with van der Waals surface area (Å²) in [5, 5.41) is 21.0. The smallest absolute Gasteiger partial charge is 0.161 e. The monoisotopic (exact) mass is 355 g/mol. The van der Waals surface area contributed by atoms with E-state index in [4.69, 9.17) is 5.11 Å². The predicted molar refractivity (Wildman–Crippen MR) is 81.4 cm³/mol. The van der Waals surface area contributed by atoms with Gasteiger partial charge in [0.05, 0.1) is 17.2 Å². The third-order valence-electron chi connectivity index (χ3n) is 2.76. The minimum atomic E-state index is -0.867. The van der Waals surface area contributed by atoms with Gasteiger partial charge in [0, 0.05) is 23.9 Å². The normalized spacial score (nSPS) is 12.2. The van der Waals surface area contributed by atoms with Crippen molar-refractivity contribution >= 4 is 21.7 Å². The third kappa shape index (κ3) is 4.20. The van der Waals surface area contributed by atoms with Gasteiger partial charge in [0.15, 0.2) is 5.82 Å². The summed E-state index contributed by atoms with van der Waals surface area (Å²) in [4.78, 5) is 8.56. The molecule has 0 saturated carbocycles. The third-order valence-corrected chi connectivity index (χ3v) is 3.40. The number of halogens is 2. The number of rotatable bonds is 5. The van der Waals surface area contributed by atoms with Crippen molar-refractivity contribution in [3.05, 3.63) is 40.2 Å². The number of nitrogens with zero attached hydrogens (tertiary/aromatic N) is 2. The second kappa shape index (κ2) is 6.93. The van der Waals surface area contributed by atoms with Gasteiger partial charge in [-0.05, 0) is 41.1 Å². The molecule has 1 heterocycles. The minimum Gasteiger partial charge on any atom is -0.394 e. The van der Waals surface area contributed by atoms with Crippen LogP contribution in [0.25, 0.3) is 11.4 Å². The first kappa shape index (κ1) is 15.8. The van der Waals surface area contributed by atoms with Crippen molar-refractivity contribution in [1.29, 1.82) is 0 Å². The molecular formula is C14H15BrFN3O2. The fourth-order valence-electron chi connectivity index (χ4n) is 1.71. The molecule has 0 spiro atoms. The largest absolute Gasteiger partial charge is 0.394 e. The van der Waals surface area contributed by atoms with Crippen LogP contribution in [-0.2, 0) is 0 Å². The van der Waals surface area contributed by atoms with Gasteiger partial charge in [-0.15, -0.1) is 0 Å². The first-order valence-corrected chi connectivity index (χ1v) is 7.13. The Kier molecular flexibility index (Phi) is 5.22. The maximum atomic E-state index is 13.6. The highest BCUT2D eigenvalue weighted by atomic mass is 79.9. The lowest BCUT2D eigenvalue weighted by Gasteiger charge is -2.11. The van der Waals surface area contributed by atoms with Crippen LogP contribution in [0.4, 0.5) is 10.2 Å². The Balaban J connectivity index is 2.27. The van der Waals surface area contributed by atoms with E-state index in [1.807, 2.05) is 0 Å². The summed E-state index contributed by atoms with van der Waals surface area (Å²) in [6.07, 6.45) is -0.867. The Bertz CT molecular complexity index is 640. The van der Waals surface area contributed by atoms with E-state index in [0.29, 0.717) is 27.4 Å². The Labute approximate surface area is 130 Å². The maximum absolute atomic E-state index is 13.6. The van der Waals surface area contributed by atoms with E-state index >= 15 is 0 Å². The van der Waals surface area contributed by atoms with Crippen molar-refractivity contribution in [2.75, 3.05) is 18.5 Å². The average Bonchev–Trinajstić information content (AvgIpc) is 2.47. The van der Waals surface area contributed by atoms with E-state index in [1.54, 1.807) is 25.1 Å². The van der Waals surface area contributed by atoms with Crippen LogP contribution in [0.15, 0.2) is 28.7 Å². The highest BCUT2D eigenvalue weighted by Crippen LogP contribution is 2.23. The van der Waals surface area contributed by atoms with E-state index in [9.17, 15) is 9.50 Å². The molecule has 3 N–H and O–H groups in total. The predicted octanol–water partition coefficient (Wildman–Crippen LogP) is 2.12. The zero-order chi connectivity index (χ0) is 15.4. The van der Waals surface area contributed by atoms with Gasteiger partial charge in [-0.1, -0.05) is 0 Å². The lowest BCUT2D eigenvalue weighted by molar-refractivity contribution is 0.105. The average molecular weight is 356 g/mol. The molecule has 2 aromatic rings. The molecule has 0 amide bonds. The topological polar surface area (TPSA) is 78.3 Å². The summed E-state index contributed by atoms with van der Waals surface area (Å²) in [7, 11) is 0. The number of benzene rings is 1. The number of nitrogens with one attached hydrogen (secondary N) is 1. The molecule has 0 fully saturated rings. The second-order valence-electron chi connectivity index (χ2n) is 4.56. The molecule has 0 bridgehead atoms. The van der Waals surface area contributed by atoms with E-state index in [0.717, 1.165) is 0 Å².